The molecule has 0 aliphatic rings. The molecule has 0 bridgehead atoms. The van der Waals surface area contributed by atoms with Crippen LogP contribution in [0, 0.1) is 0 Å². The first-order valence-electron chi connectivity index (χ1n) is 5.72. The molecule has 0 atom stereocenters. The molecule has 0 saturated heterocycles. The van der Waals surface area contributed by atoms with Gasteiger partial charge in [-0.25, -0.2) is 0 Å². The standard InChI is InChI=1S/C14H13Cl2NOS/c15-11-8-13(17)14(9-12(11)16)18-6-7-19-10-4-2-1-3-5-10/h1-5,8-9H,6-7,17H2. The molecule has 0 heterocycles. The van der Waals surface area contributed by atoms with Gasteiger partial charge >= 0.3 is 0 Å². The summed E-state index contributed by atoms with van der Waals surface area (Å²) in [4.78, 5) is 1.22. The second-order valence-corrected chi connectivity index (χ2v) is 5.80. The maximum atomic E-state index is 5.92. The first-order valence-corrected chi connectivity index (χ1v) is 7.46. The van der Waals surface area contributed by atoms with E-state index in [0.717, 1.165) is 5.75 Å². The Balaban J connectivity index is 1.85. The summed E-state index contributed by atoms with van der Waals surface area (Å²) < 4.78 is 5.61. The highest BCUT2D eigenvalue weighted by molar-refractivity contribution is 7.99. The molecule has 2 aromatic rings. The number of nitrogen functional groups attached to an aromatic ring is 1. The van der Waals surface area contributed by atoms with E-state index in [1.807, 2.05) is 18.2 Å². The van der Waals surface area contributed by atoms with Gasteiger partial charge in [0.25, 0.3) is 0 Å². The fraction of sp³-hybridized carbons (Fsp3) is 0.143. The number of anilines is 1. The lowest BCUT2D eigenvalue weighted by Crippen LogP contribution is -2.02. The largest absolute Gasteiger partial charge is 0.491 e. The van der Waals surface area contributed by atoms with Crippen LogP contribution in [0.5, 0.6) is 5.75 Å². The van der Waals surface area contributed by atoms with Crippen LogP contribution in [-0.2, 0) is 0 Å². The Morgan fingerprint density at radius 1 is 1.05 bits per heavy atom. The summed E-state index contributed by atoms with van der Waals surface area (Å²) in [7, 11) is 0. The predicted octanol–water partition coefficient (Wildman–Crippen LogP) is 4.75. The second kappa shape index (κ2) is 6.94. The lowest BCUT2D eigenvalue weighted by Gasteiger charge is -2.10. The van der Waals surface area contributed by atoms with Crippen molar-refractivity contribution in [3.63, 3.8) is 0 Å². The SMILES string of the molecule is Nc1cc(Cl)c(Cl)cc1OCCSc1ccccc1. The van der Waals surface area contributed by atoms with Gasteiger partial charge in [-0.2, -0.15) is 0 Å². The van der Waals surface area contributed by atoms with Crippen LogP contribution in [0.1, 0.15) is 0 Å². The molecule has 0 aliphatic carbocycles. The number of nitrogens with two attached hydrogens (primary N) is 1. The van der Waals surface area contributed by atoms with E-state index in [9.17, 15) is 0 Å². The summed E-state index contributed by atoms with van der Waals surface area (Å²) in [6, 6.07) is 13.4. The highest BCUT2D eigenvalue weighted by Crippen LogP contribution is 2.32. The number of hydrogen-bond acceptors (Lipinski definition) is 3. The van der Waals surface area contributed by atoms with E-state index in [1.165, 1.54) is 4.90 Å². The molecule has 19 heavy (non-hydrogen) atoms. The molecule has 100 valence electrons. The maximum Gasteiger partial charge on any atom is 0.143 e. The lowest BCUT2D eigenvalue weighted by atomic mass is 10.3. The van der Waals surface area contributed by atoms with Crippen molar-refractivity contribution in [2.75, 3.05) is 18.1 Å². The van der Waals surface area contributed by atoms with Gasteiger partial charge in [-0.05, 0) is 18.2 Å². The third-order valence-corrected chi connectivity index (χ3v) is 4.10. The van der Waals surface area contributed by atoms with Crippen molar-refractivity contribution in [2.24, 2.45) is 0 Å². The molecule has 2 aromatic carbocycles. The molecule has 0 unspecified atom stereocenters. The van der Waals surface area contributed by atoms with Crippen molar-refractivity contribution in [2.45, 2.75) is 4.90 Å². The topological polar surface area (TPSA) is 35.2 Å². The van der Waals surface area contributed by atoms with Crippen molar-refractivity contribution >= 4 is 40.7 Å². The molecule has 5 heteroatoms. The van der Waals surface area contributed by atoms with Gasteiger partial charge in [0, 0.05) is 16.7 Å². The quantitative estimate of drug-likeness (QED) is 0.491. The van der Waals surface area contributed by atoms with Gasteiger partial charge in [0.05, 0.1) is 22.3 Å². The maximum absolute atomic E-state index is 5.92. The molecule has 2 rings (SSSR count). The van der Waals surface area contributed by atoms with Gasteiger partial charge in [-0.3, -0.25) is 0 Å². The Morgan fingerprint density at radius 3 is 2.47 bits per heavy atom. The third-order valence-electron chi connectivity index (χ3n) is 2.41. The van der Waals surface area contributed by atoms with Crippen LogP contribution in [0.4, 0.5) is 5.69 Å². The molecule has 0 aliphatic heterocycles. The lowest BCUT2D eigenvalue weighted by molar-refractivity contribution is 0.346. The molecular formula is C14H13Cl2NOS. The molecule has 0 amide bonds. The van der Waals surface area contributed by atoms with Crippen LogP contribution >= 0.6 is 35.0 Å². The summed E-state index contributed by atoms with van der Waals surface area (Å²) in [5, 5.41) is 0.881. The molecule has 0 spiro atoms. The van der Waals surface area contributed by atoms with E-state index in [4.69, 9.17) is 33.7 Å². The highest BCUT2D eigenvalue weighted by Gasteiger charge is 2.06. The van der Waals surface area contributed by atoms with Crippen LogP contribution in [0.25, 0.3) is 0 Å². The van der Waals surface area contributed by atoms with Gasteiger partial charge < -0.3 is 10.5 Å². The smallest absolute Gasteiger partial charge is 0.143 e. The number of benzene rings is 2. The average molecular weight is 314 g/mol. The molecule has 0 saturated carbocycles. The molecule has 0 fully saturated rings. The zero-order valence-electron chi connectivity index (χ0n) is 10.1. The Morgan fingerprint density at radius 2 is 1.74 bits per heavy atom. The fourth-order valence-electron chi connectivity index (χ4n) is 1.50. The summed E-state index contributed by atoms with van der Waals surface area (Å²) >= 11 is 13.5. The van der Waals surface area contributed by atoms with Gasteiger partial charge in [0.15, 0.2) is 0 Å². The average Bonchev–Trinajstić information content (AvgIpc) is 2.41. The zero-order valence-corrected chi connectivity index (χ0v) is 12.4. The normalized spacial score (nSPS) is 10.4. The Hall–Kier alpha value is -1.03. The number of rotatable bonds is 5. The number of ether oxygens (including phenoxy) is 1. The van der Waals surface area contributed by atoms with E-state index >= 15 is 0 Å². The molecule has 2 nitrogen and oxygen atoms in total. The fourth-order valence-corrected chi connectivity index (χ4v) is 2.57. The summed E-state index contributed by atoms with van der Waals surface area (Å²) in [6.07, 6.45) is 0. The molecule has 2 N–H and O–H groups in total. The van der Waals surface area contributed by atoms with Crippen molar-refractivity contribution in [1.29, 1.82) is 0 Å². The van der Waals surface area contributed by atoms with Crippen LogP contribution in [0.3, 0.4) is 0 Å². The first kappa shape index (κ1) is 14.4. The third kappa shape index (κ3) is 4.23. The van der Waals surface area contributed by atoms with Crippen LogP contribution in [0.2, 0.25) is 10.0 Å². The van der Waals surface area contributed by atoms with Gasteiger partial charge in [0.1, 0.15) is 5.75 Å². The van der Waals surface area contributed by atoms with Crippen molar-refractivity contribution in [3.8, 4) is 5.75 Å². The first-order chi connectivity index (χ1) is 9.16. The number of hydrogen-bond donors (Lipinski definition) is 1. The highest BCUT2D eigenvalue weighted by atomic mass is 35.5. The van der Waals surface area contributed by atoms with Crippen LogP contribution in [-0.4, -0.2) is 12.4 Å². The van der Waals surface area contributed by atoms with Crippen molar-refractivity contribution in [1.82, 2.24) is 0 Å². The Labute approximate surface area is 126 Å². The van der Waals surface area contributed by atoms with Gasteiger partial charge in [-0.15, -0.1) is 11.8 Å². The van der Waals surface area contributed by atoms with E-state index < -0.39 is 0 Å². The predicted molar refractivity (Wildman–Crippen MR) is 83.5 cm³/mol. The summed E-state index contributed by atoms with van der Waals surface area (Å²) in [5.74, 6) is 1.41. The summed E-state index contributed by atoms with van der Waals surface area (Å²) in [6.45, 7) is 0.557. The summed E-state index contributed by atoms with van der Waals surface area (Å²) in [5.41, 5.74) is 6.31. The van der Waals surface area contributed by atoms with E-state index in [0.29, 0.717) is 28.1 Å². The molecular weight excluding hydrogens is 301 g/mol. The van der Waals surface area contributed by atoms with Crippen molar-refractivity contribution < 1.29 is 4.74 Å². The van der Waals surface area contributed by atoms with E-state index in [-0.39, 0.29) is 0 Å². The van der Waals surface area contributed by atoms with E-state index in [2.05, 4.69) is 12.1 Å². The van der Waals surface area contributed by atoms with E-state index in [1.54, 1.807) is 23.9 Å². The number of thioether (sulfide) groups is 1. The van der Waals surface area contributed by atoms with Crippen LogP contribution < -0.4 is 10.5 Å². The number of halogens is 2. The van der Waals surface area contributed by atoms with Crippen molar-refractivity contribution in [3.05, 3.63) is 52.5 Å². The second-order valence-electron chi connectivity index (χ2n) is 3.81. The van der Waals surface area contributed by atoms with Crippen LogP contribution in [0.15, 0.2) is 47.4 Å². The molecule has 0 radical (unpaired) electrons. The minimum atomic E-state index is 0.435. The zero-order chi connectivity index (χ0) is 13.7. The Bertz CT molecular complexity index is 549. The Kier molecular flexibility index (Phi) is 5.25. The molecule has 0 aromatic heterocycles. The minimum absolute atomic E-state index is 0.435. The minimum Gasteiger partial charge on any atom is -0.491 e. The van der Waals surface area contributed by atoms with Gasteiger partial charge in [0.2, 0.25) is 0 Å². The van der Waals surface area contributed by atoms with Gasteiger partial charge in [-0.1, -0.05) is 41.4 Å². The monoisotopic (exact) mass is 313 g/mol.